The van der Waals surface area contributed by atoms with Crippen molar-refractivity contribution in [1.29, 1.82) is 0 Å². The zero-order valence-electron chi connectivity index (χ0n) is 15.2. The van der Waals surface area contributed by atoms with Gasteiger partial charge in [0, 0.05) is 38.6 Å². The molecule has 1 saturated carbocycles. The minimum Gasteiger partial charge on any atom is -0.338 e. The number of anilines is 1. The summed E-state index contributed by atoms with van der Waals surface area (Å²) >= 11 is 0. The molecule has 26 heavy (non-hydrogen) atoms. The van der Waals surface area contributed by atoms with Gasteiger partial charge in [0.25, 0.3) is 5.91 Å². The summed E-state index contributed by atoms with van der Waals surface area (Å²) in [5.41, 5.74) is -0.672. The van der Waals surface area contributed by atoms with E-state index < -0.39 is 5.54 Å². The third-order valence-corrected chi connectivity index (χ3v) is 6.05. The average Bonchev–Trinajstić information content (AvgIpc) is 2.90. The second-order valence-electron chi connectivity index (χ2n) is 7.58. The third kappa shape index (κ3) is 2.92. The number of hydrogen-bond donors (Lipinski definition) is 1. The van der Waals surface area contributed by atoms with E-state index in [2.05, 4.69) is 32.0 Å². The number of carbonyl (C=O) groups is 2. The molecule has 1 aromatic heterocycles. The molecule has 4 rings (SSSR count). The predicted molar refractivity (Wildman–Crippen MR) is 96.4 cm³/mol. The smallest absolute Gasteiger partial charge is 0.326 e. The highest BCUT2D eigenvalue weighted by Crippen LogP contribution is 2.38. The van der Waals surface area contributed by atoms with E-state index in [9.17, 15) is 9.59 Å². The van der Waals surface area contributed by atoms with Crippen LogP contribution in [0.25, 0.3) is 0 Å². The molecule has 2 atom stereocenters. The Kier molecular flexibility index (Phi) is 4.52. The number of aromatic nitrogens is 2. The lowest BCUT2D eigenvalue weighted by Gasteiger charge is -2.38. The van der Waals surface area contributed by atoms with Gasteiger partial charge in [0.05, 0.1) is 6.67 Å². The van der Waals surface area contributed by atoms with Crippen molar-refractivity contribution in [3.8, 4) is 0 Å². The molecule has 2 saturated heterocycles. The van der Waals surface area contributed by atoms with Gasteiger partial charge in [-0.1, -0.05) is 19.8 Å². The highest BCUT2D eigenvalue weighted by molar-refractivity contribution is 6.07. The van der Waals surface area contributed by atoms with Crippen LogP contribution < -0.4 is 10.2 Å². The molecule has 140 valence electrons. The summed E-state index contributed by atoms with van der Waals surface area (Å²) in [4.78, 5) is 39.8. The topological polar surface area (TPSA) is 81.7 Å². The van der Waals surface area contributed by atoms with Crippen molar-refractivity contribution in [2.75, 3.05) is 37.7 Å². The molecule has 0 bridgehead atoms. The highest BCUT2D eigenvalue weighted by Gasteiger charge is 2.55. The SMILES string of the molecule is C[C@H]1CCCC[C@]12NC(=O)N(CN1CCN(c3ncccn3)CC1)C2=O. The van der Waals surface area contributed by atoms with Gasteiger partial charge in [0.1, 0.15) is 5.54 Å². The highest BCUT2D eigenvalue weighted by atomic mass is 16.2. The molecule has 3 heterocycles. The maximum atomic E-state index is 13.0. The van der Waals surface area contributed by atoms with Crippen LogP contribution in [0.4, 0.5) is 10.7 Å². The maximum Gasteiger partial charge on any atom is 0.326 e. The second kappa shape index (κ2) is 6.83. The largest absolute Gasteiger partial charge is 0.338 e. The molecule has 8 nitrogen and oxygen atoms in total. The fraction of sp³-hybridized carbons (Fsp3) is 0.667. The van der Waals surface area contributed by atoms with Crippen molar-refractivity contribution in [2.24, 2.45) is 5.92 Å². The molecule has 3 amide bonds. The summed E-state index contributed by atoms with van der Waals surface area (Å²) in [5.74, 6) is 0.894. The number of nitrogens with one attached hydrogen (secondary N) is 1. The van der Waals surface area contributed by atoms with Crippen molar-refractivity contribution in [2.45, 2.75) is 38.1 Å². The lowest BCUT2D eigenvalue weighted by Crippen LogP contribution is -2.55. The molecular weight excluding hydrogens is 332 g/mol. The van der Waals surface area contributed by atoms with E-state index in [1.165, 1.54) is 4.90 Å². The van der Waals surface area contributed by atoms with E-state index in [1.807, 2.05) is 0 Å². The van der Waals surface area contributed by atoms with E-state index >= 15 is 0 Å². The number of rotatable bonds is 3. The van der Waals surface area contributed by atoms with E-state index in [4.69, 9.17) is 0 Å². The monoisotopic (exact) mass is 358 g/mol. The molecule has 2 aliphatic heterocycles. The zero-order valence-corrected chi connectivity index (χ0v) is 15.2. The first-order chi connectivity index (χ1) is 12.6. The lowest BCUT2D eigenvalue weighted by molar-refractivity contribution is -0.135. The van der Waals surface area contributed by atoms with E-state index in [0.717, 1.165) is 57.8 Å². The number of carbonyl (C=O) groups excluding carboxylic acids is 2. The van der Waals surface area contributed by atoms with Crippen LogP contribution in [0.2, 0.25) is 0 Å². The van der Waals surface area contributed by atoms with Crippen molar-refractivity contribution >= 4 is 17.9 Å². The molecule has 0 unspecified atom stereocenters. The summed E-state index contributed by atoms with van der Waals surface area (Å²) in [6.07, 6.45) is 7.37. The second-order valence-corrected chi connectivity index (χ2v) is 7.58. The first kappa shape index (κ1) is 17.2. The van der Waals surface area contributed by atoms with Gasteiger partial charge in [-0.3, -0.25) is 9.69 Å². The van der Waals surface area contributed by atoms with Crippen LogP contribution in [0.15, 0.2) is 18.5 Å². The van der Waals surface area contributed by atoms with Crippen LogP contribution in [-0.4, -0.2) is 70.1 Å². The molecule has 3 aliphatic rings. The summed E-state index contributed by atoms with van der Waals surface area (Å²) in [6.45, 7) is 5.57. The fourth-order valence-corrected chi connectivity index (χ4v) is 4.37. The Labute approximate surface area is 153 Å². The van der Waals surface area contributed by atoms with Gasteiger partial charge in [0.15, 0.2) is 0 Å². The van der Waals surface area contributed by atoms with Crippen LogP contribution in [0.5, 0.6) is 0 Å². The quantitative estimate of drug-likeness (QED) is 0.814. The molecule has 1 spiro atoms. The molecule has 1 N–H and O–H groups in total. The Morgan fingerprint density at radius 1 is 1.15 bits per heavy atom. The number of amides is 3. The number of nitrogens with zero attached hydrogens (tertiary/aromatic N) is 5. The number of urea groups is 1. The first-order valence-corrected chi connectivity index (χ1v) is 9.48. The van der Waals surface area contributed by atoms with Crippen molar-refractivity contribution < 1.29 is 9.59 Å². The number of piperazine rings is 1. The van der Waals surface area contributed by atoms with Crippen molar-refractivity contribution in [1.82, 2.24) is 25.1 Å². The van der Waals surface area contributed by atoms with Crippen LogP contribution in [0, 0.1) is 5.92 Å². The predicted octanol–water partition coefficient (Wildman–Crippen LogP) is 1.06. The Morgan fingerprint density at radius 3 is 2.58 bits per heavy atom. The maximum absolute atomic E-state index is 13.0. The molecule has 3 fully saturated rings. The molecule has 1 aromatic rings. The van der Waals surface area contributed by atoms with Crippen molar-refractivity contribution in [3.63, 3.8) is 0 Å². The molecule has 8 heteroatoms. The van der Waals surface area contributed by atoms with Gasteiger partial charge in [-0.25, -0.2) is 19.7 Å². The van der Waals surface area contributed by atoms with Gasteiger partial charge in [-0.2, -0.15) is 0 Å². The van der Waals surface area contributed by atoms with E-state index in [0.29, 0.717) is 6.67 Å². The zero-order chi connectivity index (χ0) is 18.1. The van der Waals surface area contributed by atoms with Crippen LogP contribution in [-0.2, 0) is 4.79 Å². The molecule has 0 radical (unpaired) electrons. The minimum absolute atomic E-state index is 0.0384. The first-order valence-electron chi connectivity index (χ1n) is 9.48. The summed E-state index contributed by atoms with van der Waals surface area (Å²) in [6, 6.07) is 1.57. The van der Waals surface area contributed by atoms with Gasteiger partial charge >= 0.3 is 6.03 Å². The summed E-state index contributed by atoms with van der Waals surface area (Å²) < 4.78 is 0. The standard InChI is InChI=1S/C18H26N6O2/c1-14-5-2-3-6-18(14)15(25)24(17(26)21-18)13-22-9-11-23(12-10-22)16-19-7-4-8-20-16/h4,7-8,14H,2-3,5-6,9-13H2,1H3,(H,21,26)/t14-,18-/m0/s1. The van der Waals surface area contributed by atoms with E-state index in [1.54, 1.807) is 18.5 Å². The van der Waals surface area contributed by atoms with Crippen LogP contribution >= 0.6 is 0 Å². The van der Waals surface area contributed by atoms with Crippen molar-refractivity contribution in [3.05, 3.63) is 18.5 Å². The van der Waals surface area contributed by atoms with Crippen LogP contribution in [0.3, 0.4) is 0 Å². The number of hydrogen-bond acceptors (Lipinski definition) is 6. The van der Waals surface area contributed by atoms with Crippen LogP contribution in [0.1, 0.15) is 32.6 Å². The Hall–Kier alpha value is -2.22. The van der Waals surface area contributed by atoms with Gasteiger partial charge in [-0.05, 0) is 24.8 Å². The van der Waals surface area contributed by atoms with E-state index in [-0.39, 0.29) is 17.9 Å². The Morgan fingerprint density at radius 2 is 1.88 bits per heavy atom. The number of imide groups is 1. The summed E-state index contributed by atoms with van der Waals surface area (Å²) in [7, 11) is 0. The molecular formula is C18H26N6O2. The molecule has 0 aromatic carbocycles. The normalized spacial score (nSPS) is 30.1. The third-order valence-electron chi connectivity index (χ3n) is 6.05. The van der Waals surface area contributed by atoms with Gasteiger partial charge in [-0.15, -0.1) is 0 Å². The van der Waals surface area contributed by atoms with Gasteiger partial charge < -0.3 is 10.2 Å². The molecule has 1 aliphatic carbocycles. The summed E-state index contributed by atoms with van der Waals surface area (Å²) in [5, 5.41) is 3.02. The average molecular weight is 358 g/mol. The minimum atomic E-state index is -0.672. The fourth-order valence-electron chi connectivity index (χ4n) is 4.37. The lowest BCUT2D eigenvalue weighted by atomic mass is 9.73. The Bertz CT molecular complexity index is 676. The van der Waals surface area contributed by atoms with Gasteiger partial charge in [0.2, 0.25) is 5.95 Å². The Balaban J connectivity index is 1.38.